The van der Waals surface area contributed by atoms with E-state index in [1.807, 2.05) is 40.3 Å². The molecule has 11 heteroatoms. The van der Waals surface area contributed by atoms with E-state index in [0.29, 0.717) is 40.5 Å². The third-order valence-electron chi connectivity index (χ3n) is 7.02. The largest absolute Gasteiger partial charge is 0.351 e. The Kier molecular flexibility index (Phi) is 10.1. The molecule has 1 aliphatic rings. The van der Waals surface area contributed by atoms with Crippen LogP contribution in [0.15, 0.2) is 59.1 Å². The predicted molar refractivity (Wildman–Crippen MR) is 164 cm³/mol. The van der Waals surface area contributed by atoms with E-state index in [1.165, 1.54) is 42.4 Å². The Hall–Kier alpha value is -2.43. The predicted octanol–water partition coefficient (Wildman–Crippen LogP) is 6.91. The first-order chi connectivity index (χ1) is 19.5. The molecule has 1 amide bonds. The smallest absolute Gasteiger partial charge is 0.270 e. The molecular formula is C29H32Cl2N6OS2. The van der Waals surface area contributed by atoms with Gasteiger partial charge in [0, 0.05) is 30.9 Å². The zero-order valence-electron chi connectivity index (χ0n) is 22.4. The maximum Gasteiger partial charge on any atom is 0.270 e. The molecule has 1 saturated heterocycles. The molecule has 1 aliphatic heterocycles. The van der Waals surface area contributed by atoms with Crippen molar-refractivity contribution < 1.29 is 4.79 Å². The molecule has 1 N–H and O–H groups in total. The summed E-state index contributed by atoms with van der Waals surface area (Å²) in [6.45, 7) is 5.13. The number of amides is 1. The maximum absolute atomic E-state index is 12.7. The minimum absolute atomic E-state index is 0.122. The zero-order valence-corrected chi connectivity index (χ0v) is 25.5. The molecule has 0 aliphatic carbocycles. The molecule has 1 atom stereocenters. The third-order valence-corrected chi connectivity index (χ3v) is 9.73. The molecule has 2 aromatic heterocycles. The molecule has 0 bridgehead atoms. The number of rotatable bonds is 11. The van der Waals surface area contributed by atoms with E-state index < -0.39 is 0 Å². The SMILES string of the molecule is CC1CCCCN1CCCNC(=O)c1csc(CSc2nnc(Cc3ccccc3)n2-c2ccc(Cl)c(Cl)c2)n1. The fraction of sp³-hybridized carbons (Fsp3) is 0.379. The lowest BCUT2D eigenvalue weighted by Gasteiger charge is -2.33. The molecule has 2 aromatic carbocycles. The van der Waals surface area contributed by atoms with Crippen molar-refractivity contribution in [3.05, 3.63) is 86.0 Å². The van der Waals surface area contributed by atoms with Gasteiger partial charge in [0.1, 0.15) is 16.5 Å². The topological polar surface area (TPSA) is 75.9 Å². The molecule has 0 spiro atoms. The van der Waals surface area contributed by atoms with Gasteiger partial charge in [0.15, 0.2) is 5.16 Å². The van der Waals surface area contributed by atoms with Crippen LogP contribution in [-0.4, -0.2) is 56.2 Å². The molecule has 0 radical (unpaired) electrons. The fourth-order valence-electron chi connectivity index (χ4n) is 4.84. The average molecular weight is 616 g/mol. The second kappa shape index (κ2) is 14.0. The number of likely N-dealkylation sites (tertiary alicyclic amines) is 1. The van der Waals surface area contributed by atoms with Gasteiger partial charge in [-0.3, -0.25) is 9.36 Å². The first-order valence-electron chi connectivity index (χ1n) is 13.5. The average Bonchev–Trinajstić information content (AvgIpc) is 3.60. The molecule has 1 fully saturated rings. The lowest BCUT2D eigenvalue weighted by molar-refractivity contribution is 0.0944. The number of halogens is 2. The number of aromatic nitrogens is 4. The summed E-state index contributed by atoms with van der Waals surface area (Å²) in [6.07, 6.45) is 5.42. The van der Waals surface area contributed by atoms with Gasteiger partial charge in [0.25, 0.3) is 5.91 Å². The molecular weight excluding hydrogens is 583 g/mol. The number of hydrogen-bond acceptors (Lipinski definition) is 7. The van der Waals surface area contributed by atoms with Crippen LogP contribution >= 0.6 is 46.3 Å². The number of nitrogens with zero attached hydrogens (tertiary/aromatic N) is 5. The summed E-state index contributed by atoms with van der Waals surface area (Å²) in [5.41, 5.74) is 2.43. The van der Waals surface area contributed by atoms with Crippen molar-refractivity contribution in [2.24, 2.45) is 0 Å². The van der Waals surface area contributed by atoms with Gasteiger partial charge in [0.2, 0.25) is 0 Å². The third kappa shape index (κ3) is 7.44. The van der Waals surface area contributed by atoms with Gasteiger partial charge in [-0.1, -0.05) is 71.7 Å². The lowest BCUT2D eigenvalue weighted by Crippen LogP contribution is -2.39. The van der Waals surface area contributed by atoms with Crippen LogP contribution in [0.3, 0.4) is 0 Å². The van der Waals surface area contributed by atoms with Crippen LogP contribution in [0, 0.1) is 0 Å². The summed E-state index contributed by atoms with van der Waals surface area (Å²) in [5, 5.41) is 16.4. The Bertz CT molecular complexity index is 1430. The van der Waals surface area contributed by atoms with Crippen LogP contribution in [0.4, 0.5) is 0 Å². The van der Waals surface area contributed by atoms with Gasteiger partial charge in [-0.05, 0) is 56.5 Å². The molecule has 0 saturated carbocycles. The van der Waals surface area contributed by atoms with Crippen molar-refractivity contribution in [3.63, 3.8) is 0 Å². The number of carbonyl (C=O) groups is 1. The van der Waals surface area contributed by atoms with Gasteiger partial charge in [-0.25, -0.2) is 4.98 Å². The molecule has 40 heavy (non-hydrogen) atoms. The van der Waals surface area contributed by atoms with Crippen LogP contribution < -0.4 is 5.32 Å². The highest BCUT2D eigenvalue weighted by Gasteiger charge is 2.19. The normalized spacial score (nSPS) is 15.8. The Morgan fingerprint density at radius 1 is 1.12 bits per heavy atom. The first-order valence-corrected chi connectivity index (χ1v) is 16.1. The van der Waals surface area contributed by atoms with E-state index in [1.54, 1.807) is 6.07 Å². The zero-order chi connectivity index (χ0) is 27.9. The number of thioether (sulfide) groups is 1. The van der Waals surface area contributed by atoms with Crippen LogP contribution in [0.2, 0.25) is 10.0 Å². The first kappa shape index (κ1) is 29.1. The Balaban J connectivity index is 1.21. The second-order valence-electron chi connectivity index (χ2n) is 9.90. The molecule has 7 nitrogen and oxygen atoms in total. The Labute approximate surface area is 253 Å². The van der Waals surface area contributed by atoms with Crippen LogP contribution in [0.5, 0.6) is 0 Å². The summed E-state index contributed by atoms with van der Waals surface area (Å²) in [5.74, 6) is 1.24. The fourth-order valence-corrected chi connectivity index (χ4v) is 6.90. The van der Waals surface area contributed by atoms with E-state index in [2.05, 4.69) is 44.5 Å². The van der Waals surface area contributed by atoms with Crippen molar-refractivity contribution in [2.45, 2.75) is 56.0 Å². The van der Waals surface area contributed by atoms with E-state index in [4.69, 9.17) is 23.2 Å². The van der Waals surface area contributed by atoms with Gasteiger partial charge >= 0.3 is 0 Å². The van der Waals surface area contributed by atoms with Crippen LogP contribution in [0.25, 0.3) is 5.69 Å². The van der Waals surface area contributed by atoms with E-state index >= 15 is 0 Å². The maximum atomic E-state index is 12.7. The Morgan fingerprint density at radius 3 is 2.77 bits per heavy atom. The van der Waals surface area contributed by atoms with Gasteiger partial charge in [-0.15, -0.1) is 21.5 Å². The number of piperidine rings is 1. The number of nitrogens with one attached hydrogen (secondary N) is 1. The van der Waals surface area contributed by atoms with Crippen molar-refractivity contribution >= 4 is 52.2 Å². The number of benzene rings is 2. The minimum Gasteiger partial charge on any atom is -0.351 e. The molecule has 1 unspecified atom stereocenters. The van der Waals surface area contributed by atoms with E-state index in [9.17, 15) is 4.79 Å². The Morgan fingerprint density at radius 2 is 1.98 bits per heavy atom. The van der Waals surface area contributed by atoms with E-state index in [-0.39, 0.29) is 5.91 Å². The molecule has 210 valence electrons. The van der Waals surface area contributed by atoms with Crippen molar-refractivity contribution in [2.75, 3.05) is 19.6 Å². The van der Waals surface area contributed by atoms with Gasteiger partial charge in [0.05, 0.1) is 21.5 Å². The summed E-state index contributed by atoms with van der Waals surface area (Å²) < 4.78 is 2.00. The van der Waals surface area contributed by atoms with Crippen molar-refractivity contribution in [3.8, 4) is 5.69 Å². The molecule has 5 rings (SSSR count). The lowest BCUT2D eigenvalue weighted by atomic mass is 10.0. The highest BCUT2D eigenvalue weighted by atomic mass is 35.5. The highest BCUT2D eigenvalue weighted by molar-refractivity contribution is 7.98. The number of thiazole rings is 1. The molecule has 3 heterocycles. The van der Waals surface area contributed by atoms with Crippen molar-refractivity contribution in [1.82, 2.24) is 30.0 Å². The second-order valence-corrected chi connectivity index (χ2v) is 12.6. The number of carbonyl (C=O) groups excluding carboxylic acids is 1. The van der Waals surface area contributed by atoms with Gasteiger partial charge in [-0.2, -0.15) is 0 Å². The summed E-state index contributed by atoms with van der Waals surface area (Å²) >= 11 is 15.5. The van der Waals surface area contributed by atoms with Crippen LogP contribution in [-0.2, 0) is 12.2 Å². The molecule has 4 aromatic rings. The summed E-state index contributed by atoms with van der Waals surface area (Å²) in [7, 11) is 0. The standard InChI is InChI=1S/C29H32Cl2N6OS2/c1-20-8-5-6-14-36(20)15-7-13-32-28(38)25-18-39-27(33-25)19-40-29-35-34-26(16-21-9-3-2-4-10-21)37(29)22-11-12-23(30)24(31)17-22/h2-4,9-12,17-18,20H,5-8,13-16,19H2,1H3,(H,32,38). The van der Waals surface area contributed by atoms with Crippen LogP contribution in [0.1, 0.15) is 59.5 Å². The van der Waals surface area contributed by atoms with Gasteiger partial charge < -0.3 is 10.2 Å². The minimum atomic E-state index is -0.122. The van der Waals surface area contributed by atoms with Crippen molar-refractivity contribution in [1.29, 1.82) is 0 Å². The number of hydrogen-bond donors (Lipinski definition) is 1. The van der Waals surface area contributed by atoms with E-state index in [0.717, 1.165) is 46.7 Å². The quantitative estimate of drug-likeness (QED) is 0.146. The summed E-state index contributed by atoms with van der Waals surface area (Å²) in [6, 6.07) is 16.3. The monoisotopic (exact) mass is 614 g/mol. The summed E-state index contributed by atoms with van der Waals surface area (Å²) in [4.78, 5) is 19.8. The highest BCUT2D eigenvalue weighted by Crippen LogP contribution is 2.30.